The van der Waals surface area contributed by atoms with Crippen LogP contribution < -0.4 is 16.2 Å². The summed E-state index contributed by atoms with van der Waals surface area (Å²) in [6.07, 6.45) is 10.1. The summed E-state index contributed by atoms with van der Waals surface area (Å²) in [5.41, 5.74) is 19.3. The van der Waals surface area contributed by atoms with E-state index in [-0.39, 0.29) is 11.4 Å². The Labute approximate surface area is 207 Å². The molecule has 2 fully saturated rings. The summed E-state index contributed by atoms with van der Waals surface area (Å²) in [7, 11) is 0. The molecule has 4 heteroatoms. The molecule has 0 spiro atoms. The van der Waals surface area contributed by atoms with Gasteiger partial charge in [-0.15, -0.1) is 0 Å². The van der Waals surface area contributed by atoms with Gasteiger partial charge in [-0.1, -0.05) is 40.5 Å². The summed E-state index contributed by atoms with van der Waals surface area (Å²) in [4.78, 5) is 12.9. The van der Waals surface area contributed by atoms with E-state index in [0.717, 1.165) is 42.1 Å². The van der Waals surface area contributed by atoms with Crippen LogP contribution in [0.3, 0.4) is 0 Å². The molecule has 190 valence electrons. The number of esters is 1. The molecule has 3 unspecified atom stereocenters. The fraction of sp³-hybridized carbons (Fsp3) is 0.767. The molecule has 2 saturated carbocycles. The van der Waals surface area contributed by atoms with Crippen LogP contribution in [0.25, 0.3) is 0 Å². The number of hydrogen-bond acceptors (Lipinski definition) is 4. The van der Waals surface area contributed by atoms with E-state index in [1.165, 1.54) is 43.2 Å². The van der Waals surface area contributed by atoms with Crippen LogP contribution in [0.15, 0.2) is 0 Å². The van der Waals surface area contributed by atoms with E-state index >= 15 is 0 Å². The zero-order chi connectivity index (χ0) is 25.1. The van der Waals surface area contributed by atoms with Gasteiger partial charge in [0.2, 0.25) is 0 Å². The van der Waals surface area contributed by atoms with Crippen molar-refractivity contribution in [2.24, 2.45) is 34.1 Å². The Balaban J connectivity index is 1.69. The number of benzene rings is 1. The lowest BCUT2D eigenvalue weighted by Gasteiger charge is -2.61. The van der Waals surface area contributed by atoms with Crippen LogP contribution in [0.4, 0.5) is 0 Å². The van der Waals surface area contributed by atoms with Crippen molar-refractivity contribution in [3.8, 4) is 5.75 Å². The van der Waals surface area contributed by atoms with Gasteiger partial charge in [-0.25, -0.2) is 4.79 Å². The van der Waals surface area contributed by atoms with Gasteiger partial charge in [-0.3, -0.25) is 0 Å². The smallest absolute Gasteiger partial charge is 0.328 e. The number of rotatable bonds is 6. The highest BCUT2D eigenvalue weighted by Crippen LogP contribution is 2.68. The molecule has 4 rings (SSSR count). The van der Waals surface area contributed by atoms with Gasteiger partial charge in [0.1, 0.15) is 11.8 Å². The first kappa shape index (κ1) is 25.7. The lowest BCUT2D eigenvalue weighted by molar-refractivity contribution is -0.136. The van der Waals surface area contributed by atoms with Crippen molar-refractivity contribution >= 4 is 5.97 Å². The molecule has 0 aromatic heterocycles. The second kappa shape index (κ2) is 8.92. The highest BCUT2D eigenvalue weighted by atomic mass is 16.5. The zero-order valence-corrected chi connectivity index (χ0v) is 22.8. The minimum atomic E-state index is -0.594. The first-order valence-corrected chi connectivity index (χ1v) is 13.7. The number of nitrogens with two attached hydrogens (primary N) is 2. The second-order valence-corrected chi connectivity index (χ2v) is 13.0. The third-order valence-corrected chi connectivity index (χ3v) is 10.6. The van der Waals surface area contributed by atoms with E-state index in [1.54, 1.807) is 5.56 Å². The van der Waals surface area contributed by atoms with Gasteiger partial charge in [-0.05, 0) is 128 Å². The normalized spacial score (nSPS) is 32.5. The maximum Gasteiger partial charge on any atom is 0.328 e. The van der Waals surface area contributed by atoms with E-state index in [1.807, 2.05) is 0 Å². The molecule has 0 heterocycles. The van der Waals surface area contributed by atoms with Crippen LogP contribution in [-0.2, 0) is 16.6 Å². The summed E-state index contributed by atoms with van der Waals surface area (Å²) >= 11 is 0. The van der Waals surface area contributed by atoms with Gasteiger partial charge in [0.15, 0.2) is 0 Å². The monoisotopic (exact) mass is 468 g/mol. The number of unbranched alkanes of at least 4 members (excludes halogenated alkanes) is 1. The Kier molecular flexibility index (Phi) is 6.74. The van der Waals surface area contributed by atoms with E-state index in [9.17, 15) is 4.79 Å². The predicted octanol–water partition coefficient (Wildman–Crippen LogP) is 6.03. The molecule has 0 bridgehead atoms. The van der Waals surface area contributed by atoms with E-state index < -0.39 is 6.04 Å². The number of carbonyl (C=O) groups is 1. The molecular formula is C30H48N2O2. The van der Waals surface area contributed by atoms with E-state index in [2.05, 4.69) is 48.5 Å². The molecule has 3 aliphatic rings. The Bertz CT molecular complexity index is 967. The summed E-state index contributed by atoms with van der Waals surface area (Å²) in [6, 6.07) is -0.594. The molecule has 0 amide bonds. The lowest BCUT2D eigenvalue weighted by Crippen LogP contribution is -2.55. The van der Waals surface area contributed by atoms with Crippen molar-refractivity contribution in [1.82, 2.24) is 0 Å². The maximum absolute atomic E-state index is 12.9. The van der Waals surface area contributed by atoms with Crippen LogP contribution in [0.1, 0.15) is 107 Å². The maximum atomic E-state index is 12.9. The van der Waals surface area contributed by atoms with Crippen LogP contribution in [0, 0.1) is 43.4 Å². The van der Waals surface area contributed by atoms with Gasteiger partial charge >= 0.3 is 5.97 Å². The van der Waals surface area contributed by atoms with Crippen LogP contribution >= 0.6 is 0 Å². The molecule has 34 heavy (non-hydrogen) atoms. The number of hydrogen-bond donors (Lipinski definition) is 2. The van der Waals surface area contributed by atoms with Crippen molar-refractivity contribution in [3.63, 3.8) is 0 Å². The molecule has 0 radical (unpaired) electrons. The fourth-order valence-corrected chi connectivity index (χ4v) is 8.79. The first-order chi connectivity index (χ1) is 15.9. The SMILES string of the molecule is Cc1c(C)c2c(c(C)c1OC(=O)C(N)CCCCN)C[C@H]1C2(C)CCC2C(C)(C)CCC[C@@]21C. The van der Waals surface area contributed by atoms with Crippen molar-refractivity contribution in [2.75, 3.05) is 6.54 Å². The highest BCUT2D eigenvalue weighted by molar-refractivity contribution is 5.79. The Hall–Kier alpha value is -1.39. The zero-order valence-electron chi connectivity index (χ0n) is 22.8. The van der Waals surface area contributed by atoms with Crippen LogP contribution in [0.2, 0.25) is 0 Å². The van der Waals surface area contributed by atoms with Crippen molar-refractivity contribution in [1.29, 1.82) is 0 Å². The molecule has 1 aromatic rings. The molecule has 5 atom stereocenters. The van der Waals surface area contributed by atoms with Crippen molar-refractivity contribution < 1.29 is 9.53 Å². The van der Waals surface area contributed by atoms with Gasteiger partial charge in [0.25, 0.3) is 0 Å². The molecule has 1 aromatic carbocycles. The van der Waals surface area contributed by atoms with E-state index in [0.29, 0.717) is 29.7 Å². The number of ether oxygens (including phenoxy) is 1. The van der Waals surface area contributed by atoms with Gasteiger partial charge < -0.3 is 16.2 Å². The van der Waals surface area contributed by atoms with Gasteiger partial charge in [0.05, 0.1) is 0 Å². The number of carbonyl (C=O) groups excluding carboxylic acids is 1. The Morgan fingerprint density at radius 2 is 1.71 bits per heavy atom. The molecule has 4 nitrogen and oxygen atoms in total. The summed E-state index contributed by atoms with van der Waals surface area (Å²) in [6.45, 7) is 17.3. The standard InChI is InChI=1S/C30H48N2O2/c1-18-19(2)26(34-27(33)22(32)11-8-9-16-31)20(3)21-17-24-29(6)14-10-13-28(4,5)23(29)12-15-30(24,7)25(18)21/h22-24H,8-17,31-32H2,1-7H3/t22?,23?,24-,29+,30?/m1/s1. The number of fused-ring (bicyclic) bond motifs is 5. The van der Waals surface area contributed by atoms with Crippen LogP contribution in [-0.4, -0.2) is 18.6 Å². The van der Waals surface area contributed by atoms with E-state index in [4.69, 9.17) is 16.2 Å². The largest absolute Gasteiger partial charge is 0.425 e. The third-order valence-electron chi connectivity index (χ3n) is 10.6. The summed E-state index contributed by atoms with van der Waals surface area (Å²) in [5.74, 6) is 1.87. The van der Waals surface area contributed by atoms with Gasteiger partial charge in [-0.2, -0.15) is 0 Å². The second-order valence-electron chi connectivity index (χ2n) is 13.0. The molecular weight excluding hydrogens is 420 g/mol. The first-order valence-electron chi connectivity index (χ1n) is 13.7. The average Bonchev–Trinajstić information content (AvgIpc) is 3.09. The quantitative estimate of drug-likeness (QED) is 0.303. The topological polar surface area (TPSA) is 78.3 Å². The summed E-state index contributed by atoms with van der Waals surface area (Å²) in [5, 5.41) is 0. The molecule has 0 aliphatic heterocycles. The van der Waals surface area contributed by atoms with Crippen molar-refractivity contribution in [2.45, 2.75) is 118 Å². The Morgan fingerprint density at radius 3 is 2.38 bits per heavy atom. The Morgan fingerprint density at radius 1 is 1.00 bits per heavy atom. The summed E-state index contributed by atoms with van der Waals surface area (Å²) < 4.78 is 6.03. The average molecular weight is 469 g/mol. The minimum Gasteiger partial charge on any atom is -0.425 e. The lowest BCUT2D eigenvalue weighted by atomic mass is 9.43. The molecule has 0 saturated heterocycles. The molecule has 4 N–H and O–H groups in total. The third kappa shape index (κ3) is 3.84. The van der Waals surface area contributed by atoms with Gasteiger partial charge in [0, 0.05) is 0 Å². The van der Waals surface area contributed by atoms with Crippen molar-refractivity contribution in [3.05, 3.63) is 27.8 Å². The predicted molar refractivity (Wildman–Crippen MR) is 140 cm³/mol. The fourth-order valence-electron chi connectivity index (χ4n) is 8.79. The molecule has 3 aliphatic carbocycles. The highest BCUT2D eigenvalue weighted by Gasteiger charge is 2.61. The minimum absolute atomic E-state index is 0.203. The van der Waals surface area contributed by atoms with Crippen LogP contribution in [0.5, 0.6) is 5.75 Å².